The molecule has 2 heteroatoms. The molecule has 4 rings (SSSR count). The van der Waals surface area contributed by atoms with Crippen molar-refractivity contribution in [2.75, 3.05) is 0 Å². The number of phenols is 2. The molecule has 33 heavy (non-hydrogen) atoms. The fourth-order valence-corrected chi connectivity index (χ4v) is 2.69. The molecule has 0 saturated heterocycles. The molecule has 0 saturated carbocycles. The normalized spacial score (nSPS) is 9.21. The number of aromatic hydroxyl groups is 2. The monoisotopic (exact) mass is 442 g/mol. The second-order valence-corrected chi connectivity index (χ2v) is 7.53. The van der Waals surface area contributed by atoms with Gasteiger partial charge in [0.2, 0.25) is 0 Å². The SMILES string of the molecule is CCc1ccc(C)cc1.CCc1ccc(CC)cc1.Oc1ccccc1.Oc1ccccc1. The Morgan fingerprint density at radius 1 is 0.424 bits per heavy atom. The van der Waals surface area contributed by atoms with Gasteiger partial charge in [0.25, 0.3) is 0 Å². The van der Waals surface area contributed by atoms with E-state index in [4.69, 9.17) is 10.2 Å². The molecule has 4 aromatic rings. The van der Waals surface area contributed by atoms with Crippen LogP contribution >= 0.6 is 0 Å². The number of benzene rings is 4. The molecule has 0 amide bonds. The molecule has 0 heterocycles. The predicted molar refractivity (Wildman–Crippen MR) is 142 cm³/mol. The van der Waals surface area contributed by atoms with Crippen LogP contribution in [0.1, 0.15) is 43.0 Å². The van der Waals surface area contributed by atoms with Gasteiger partial charge in [0.15, 0.2) is 0 Å². The highest BCUT2D eigenvalue weighted by molar-refractivity contribution is 5.22. The van der Waals surface area contributed by atoms with Crippen LogP contribution < -0.4 is 0 Å². The Morgan fingerprint density at radius 3 is 0.909 bits per heavy atom. The third kappa shape index (κ3) is 13.5. The standard InChI is InChI=1S/C10H14.C9H12.2C6H6O/c1-3-9-5-7-10(4-2)8-6-9;1-3-9-6-4-8(2)5-7-9;2*7-6-4-2-1-3-5-6/h5-8H,3-4H2,1-2H3;4-7H,3H2,1-2H3;2*1-5,7H. The van der Waals surface area contributed by atoms with Gasteiger partial charge in [-0.2, -0.15) is 0 Å². The first-order valence-corrected chi connectivity index (χ1v) is 11.6. The number of hydrogen-bond donors (Lipinski definition) is 2. The Hall–Kier alpha value is -3.52. The average Bonchev–Trinajstić information content (AvgIpc) is 2.87. The van der Waals surface area contributed by atoms with E-state index < -0.39 is 0 Å². The van der Waals surface area contributed by atoms with E-state index in [0.29, 0.717) is 11.5 Å². The minimum atomic E-state index is 0.322. The number of hydrogen-bond acceptors (Lipinski definition) is 2. The summed E-state index contributed by atoms with van der Waals surface area (Å²) in [7, 11) is 0. The summed E-state index contributed by atoms with van der Waals surface area (Å²) in [4.78, 5) is 0. The van der Waals surface area contributed by atoms with Gasteiger partial charge in [0.1, 0.15) is 11.5 Å². The van der Waals surface area contributed by atoms with Gasteiger partial charge >= 0.3 is 0 Å². The lowest BCUT2D eigenvalue weighted by molar-refractivity contribution is 0.475. The quantitative estimate of drug-likeness (QED) is 0.336. The molecule has 0 aromatic heterocycles. The van der Waals surface area contributed by atoms with Crippen LogP contribution in [-0.2, 0) is 19.3 Å². The third-order valence-corrected chi connectivity index (χ3v) is 4.88. The van der Waals surface area contributed by atoms with Crippen LogP contribution in [0.2, 0.25) is 0 Å². The smallest absolute Gasteiger partial charge is 0.115 e. The Bertz CT molecular complexity index is 900. The van der Waals surface area contributed by atoms with Crippen LogP contribution in [0.4, 0.5) is 0 Å². The third-order valence-electron chi connectivity index (χ3n) is 4.88. The van der Waals surface area contributed by atoms with Crippen molar-refractivity contribution >= 4 is 0 Å². The highest BCUT2D eigenvalue weighted by Gasteiger charge is 1.88. The van der Waals surface area contributed by atoms with Crippen LogP contribution in [-0.4, -0.2) is 10.2 Å². The Kier molecular flexibility index (Phi) is 14.2. The molecule has 174 valence electrons. The first kappa shape index (κ1) is 27.5. The molecule has 0 fully saturated rings. The van der Waals surface area contributed by atoms with Gasteiger partial charge in [-0.25, -0.2) is 0 Å². The molecule has 0 aliphatic heterocycles. The first-order chi connectivity index (χ1) is 16.0. The Labute approximate surface area is 200 Å². The maximum absolute atomic E-state index is 8.63. The minimum absolute atomic E-state index is 0.322. The van der Waals surface area contributed by atoms with Crippen LogP contribution in [0.5, 0.6) is 11.5 Å². The van der Waals surface area contributed by atoms with Crippen molar-refractivity contribution in [3.63, 3.8) is 0 Å². The average molecular weight is 443 g/mol. The van der Waals surface area contributed by atoms with E-state index in [-0.39, 0.29) is 0 Å². The lowest BCUT2D eigenvalue weighted by atomic mass is 10.1. The molecule has 0 spiro atoms. The van der Waals surface area contributed by atoms with Gasteiger partial charge in [0, 0.05) is 0 Å². The largest absolute Gasteiger partial charge is 0.508 e. The van der Waals surface area contributed by atoms with Crippen LogP contribution in [0, 0.1) is 6.92 Å². The predicted octanol–water partition coefficient (Wildman–Crippen LogP) is 8.15. The van der Waals surface area contributed by atoms with Gasteiger partial charge in [0.05, 0.1) is 0 Å². The van der Waals surface area contributed by atoms with E-state index in [9.17, 15) is 0 Å². The maximum Gasteiger partial charge on any atom is 0.115 e. The van der Waals surface area contributed by atoms with E-state index in [0.717, 1.165) is 19.3 Å². The first-order valence-electron chi connectivity index (χ1n) is 11.6. The highest BCUT2D eigenvalue weighted by atomic mass is 16.3. The molecule has 4 aromatic carbocycles. The summed E-state index contributed by atoms with van der Waals surface area (Å²) >= 11 is 0. The van der Waals surface area contributed by atoms with E-state index in [2.05, 4.69) is 76.2 Å². The number of aryl methyl sites for hydroxylation is 4. The summed E-state index contributed by atoms with van der Waals surface area (Å²) in [6.07, 6.45) is 3.42. The van der Waals surface area contributed by atoms with Gasteiger partial charge in [-0.1, -0.05) is 111 Å². The van der Waals surface area contributed by atoms with E-state index in [1.165, 1.54) is 22.3 Å². The second-order valence-electron chi connectivity index (χ2n) is 7.53. The summed E-state index contributed by atoms with van der Waals surface area (Å²) in [5.74, 6) is 0.644. The fraction of sp³-hybridized carbons (Fsp3) is 0.226. The molecule has 0 aliphatic carbocycles. The molecule has 0 bridgehead atoms. The van der Waals surface area contributed by atoms with E-state index >= 15 is 0 Å². The molecule has 0 aliphatic rings. The maximum atomic E-state index is 8.63. The van der Waals surface area contributed by atoms with Crippen molar-refractivity contribution in [1.29, 1.82) is 0 Å². The molecule has 0 atom stereocenters. The van der Waals surface area contributed by atoms with Crippen LogP contribution in [0.25, 0.3) is 0 Å². The van der Waals surface area contributed by atoms with Crippen LogP contribution in [0.3, 0.4) is 0 Å². The Balaban J connectivity index is 0.000000222. The van der Waals surface area contributed by atoms with E-state index in [1.54, 1.807) is 48.5 Å². The summed E-state index contributed by atoms with van der Waals surface area (Å²) in [6, 6.07) is 34.9. The molecular formula is C31H38O2. The zero-order valence-corrected chi connectivity index (χ0v) is 20.4. The Morgan fingerprint density at radius 2 is 0.697 bits per heavy atom. The zero-order chi connectivity index (χ0) is 24.3. The van der Waals surface area contributed by atoms with Crippen molar-refractivity contribution in [2.24, 2.45) is 0 Å². The summed E-state index contributed by atoms with van der Waals surface area (Å²) in [5.41, 5.74) is 5.61. The number of rotatable bonds is 3. The second kappa shape index (κ2) is 17.1. The summed E-state index contributed by atoms with van der Waals surface area (Å²) in [5, 5.41) is 17.3. The fourth-order valence-electron chi connectivity index (χ4n) is 2.69. The number of para-hydroxylation sites is 2. The van der Waals surface area contributed by atoms with Crippen molar-refractivity contribution in [3.05, 3.63) is 131 Å². The van der Waals surface area contributed by atoms with Gasteiger partial charge in [-0.3, -0.25) is 0 Å². The molecule has 0 unspecified atom stereocenters. The lowest BCUT2D eigenvalue weighted by Gasteiger charge is -1.97. The molecule has 2 N–H and O–H groups in total. The van der Waals surface area contributed by atoms with E-state index in [1.807, 2.05) is 12.1 Å². The lowest BCUT2D eigenvalue weighted by Crippen LogP contribution is -1.81. The van der Waals surface area contributed by atoms with Gasteiger partial charge in [-0.05, 0) is 67.1 Å². The van der Waals surface area contributed by atoms with Crippen molar-refractivity contribution < 1.29 is 10.2 Å². The zero-order valence-electron chi connectivity index (χ0n) is 20.4. The van der Waals surface area contributed by atoms with Crippen molar-refractivity contribution in [2.45, 2.75) is 47.0 Å². The summed E-state index contributed by atoms with van der Waals surface area (Å²) < 4.78 is 0. The minimum Gasteiger partial charge on any atom is -0.508 e. The highest BCUT2D eigenvalue weighted by Crippen LogP contribution is 2.05. The van der Waals surface area contributed by atoms with Crippen molar-refractivity contribution in [3.8, 4) is 11.5 Å². The summed E-state index contributed by atoms with van der Waals surface area (Å²) in [6.45, 7) is 8.64. The molecule has 0 radical (unpaired) electrons. The van der Waals surface area contributed by atoms with Gasteiger partial charge < -0.3 is 10.2 Å². The molecular weight excluding hydrogens is 404 g/mol. The van der Waals surface area contributed by atoms with Gasteiger partial charge in [-0.15, -0.1) is 0 Å². The topological polar surface area (TPSA) is 40.5 Å². The van der Waals surface area contributed by atoms with Crippen molar-refractivity contribution in [1.82, 2.24) is 0 Å². The number of phenolic OH excluding ortho intramolecular Hbond substituents is 2. The molecule has 2 nitrogen and oxygen atoms in total. The van der Waals surface area contributed by atoms with Crippen LogP contribution in [0.15, 0.2) is 109 Å².